The predicted molar refractivity (Wildman–Crippen MR) is 83.9 cm³/mol. The maximum absolute atomic E-state index is 14.0. The van der Waals surface area contributed by atoms with Gasteiger partial charge < -0.3 is 5.73 Å². The number of nitrogens with one attached hydrogen (secondary N) is 1. The van der Waals surface area contributed by atoms with E-state index in [9.17, 15) is 12.8 Å². The third-order valence-corrected chi connectivity index (χ3v) is 5.69. The topological polar surface area (TPSA) is 75.4 Å². The Labute approximate surface area is 132 Å². The van der Waals surface area contributed by atoms with Gasteiger partial charge >= 0.3 is 0 Å². The molecule has 8 heteroatoms. The Bertz CT molecular complexity index is 635. The zero-order valence-corrected chi connectivity index (χ0v) is 14.3. The molecule has 0 amide bonds. The number of hydrogen-bond acceptors (Lipinski definition) is 4. The molecule has 0 radical (unpaired) electrons. The number of nitrogen functional groups attached to an aromatic ring is 1. The summed E-state index contributed by atoms with van der Waals surface area (Å²) in [5, 5.41) is 0. The number of nitrogens with two attached hydrogens (primary N) is 1. The maximum Gasteiger partial charge on any atom is 0.243 e. The van der Waals surface area contributed by atoms with Crippen molar-refractivity contribution in [2.24, 2.45) is 0 Å². The molecule has 3 N–H and O–H groups in total. The Hall–Kier alpha value is -0.700. The molecule has 0 saturated heterocycles. The van der Waals surface area contributed by atoms with Crippen LogP contribution in [0.15, 0.2) is 21.5 Å². The number of sulfonamides is 1. The number of anilines is 1. The molecule has 1 fully saturated rings. The van der Waals surface area contributed by atoms with E-state index >= 15 is 0 Å². The normalized spacial score (nSPS) is 17.2. The Morgan fingerprint density at radius 1 is 1.52 bits per heavy atom. The van der Waals surface area contributed by atoms with Crippen molar-refractivity contribution in [3.8, 4) is 0 Å². The Morgan fingerprint density at radius 3 is 2.71 bits per heavy atom. The van der Waals surface area contributed by atoms with E-state index in [0.29, 0.717) is 6.04 Å². The first-order chi connectivity index (χ1) is 9.72. The van der Waals surface area contributed by atoms with Gasteiger partial charge in [0, 0.05) is 24.3 Å². The summed E-state index contributed by atoms with van der Waals surface area (Å²) in [6.07, 6.45) is 2.29. The average molecular weight is 380 g/mol. The molecule has 2 rings (SSSR count). The molecule has 0 bridgehead atoms. The largest absolute Gasteiger partial charge is 0.399 e. The molecule has 0 heterocycles. The van der Waals surface area contributed by atoms with E-state index in [-0.39, 0.29) is 22.7 Å². The Morgan fingerprint density at radius 2 is 2.14 bits per heavy atom. The van der Waals surface area contributed by atoms with Crippen molar-refractivity contribution in [1.29, 1.82) is 0 Å². The van der Waals surface area contributed by atoms with Crippen LogP contribution < -0.4 is 10.5 Å². The number of rotatable bonds is 6. The molecule has 1 aromatic rings. The number of halogens is 2. The van der Waals surface area contributed by atoms with E-state index in [1.807, 2.05) is 14.0 Å². The van der Waals surface area contributed by atoms with Crippen LogP contribution in [0.1, 0.15) is 19.8 Å². The molecule has 118 valence electrons. The standard InChI is InChI=1S/C13H19BrFN3O2S/c1-8(18(2)10-3-4-10)7-17-21(19,20)12-6-9(16)5-11(14)13(12)15/h5-6,8,10,17H,3-4,7,16H2,1-2H3. The fourth-order valence-electron chi connectivity index (χ4n) is 2.07. The minimum absolute atomic E-state index is 0.0334. The van der Waals surface area contributed by atoms with E-state index < -0.39 is 20.7 Å². The summed E-state index contributed by atoms with van der Waals surface area (Å²) in [4.78, 5) is 1.70. The molecule has 1 aliphatic carbocycles. The monoisotopic (exact) mass is 379 g/mol. The third-order valence-electron chi connectivity index (χ3n) is 3.69. The lowest BCUT2D eigenvalue weighted by Gasteiger charge is -2.24. The lowest BCUT2D eigenvalue weighted by Crippen LogP contribution is -2.41. The highest BCUT2D eigenvalue weighted by molar-refractivity contribution is 9.10. The van der Waals surface area contributed by atoms with Gasteiger partial charge in [0.05, 0.1) is 4.47 Å². The van der Waals surface area contributed by atoms with E-state index in [1.165, 1.54) is 6.07 Å². The first-order valence-electron chi connectivity index (χ1n) is 6.68. The van der Waals surface area contributed by atoms with Gasteiger partial charge in [-0.2, -0.15) is 0 Å². The Balaban J connectivity index is 2.11. The summed E-state index contributed by atoms with van der Waals surface area (Å²) in [6, 6.07) is 3.03. The van der Waals surface area contributed by atoms with Crippen LogP contribution in [0.2, 0.25) is 0 Å². The molecular weight excluding hydrogens is 361 g/mol. The van der Waals surface area contributed by atoms with Gasteiger partial charge in [0.25, 0.3) is 0 Å². The quantitative estimate of drug-likeness (QED) is 0.740. The maximum atomic E-state index is 14.0. The summed E-state index contributed by atoms with van der Waals surface area (Å²) in [5.74, 6) is -0.833. The van der Waals surface area contributed by atoms with Crippen LogP contribution >= 0.6 is 15.9 Å². The highest BCUT2D eigenvalue weighted by atomic mass is 79.9. The van der Waals surface area contributed by atoms with Crippen LogP contribution in [0, 0.1) is 5.82 Å². The second kappa shape index (κ2) is 6.20. The minimum atomic E-state index is -3.93. The molecule has 0 spiro atoms. The number of likely N-dealkylation sites (N-methyl/N-ethyl adjacent to an activating group) is 1. The summed E-state index contributed by atoms with van der Waals surface area (Å²) < 4.78 is 40.9. The van der Waals surface area contributed by atoms with E-state index in [2.05, 4.69) is 25.6 Å². The number of benzene rings is 1. The summed E-state index contributed by atoms with van der Waals surface area (Å²) in [5.41, 5.74) is 5.77. The molecule has 0 aromatic heterocycles. The van der Waals surface area contributed by atoms with Gasteiger partial charge in [-0.05, 0) is 54.9 Å². The SMILES string of the molecule is CC(CNS(=O)(=O)c1cc(N)cc(Br)c1F)N(C)C1CC1. The molecule has 1 unspecified atom stereocenters. The molecule has 1 saturated carbocycles. The van der Waals surface area contributed by atoms with Crippen molar-refractivity contribution in [3.05, 3.63) is 22.4 Å². The number of hydrogen-bond donors (Lipinski definition) is 2. The molecule has 1 aliphatic rings. The van der Waals surface area contributed by atoms with Crippen LogP contribution in [0.5, 0.6) is 0 Å². The van der Waals surface area contributed by atoms with Crippen LogP contribution in [0.4, 0.5) is 10.1 Å². The smallest absolute Gasteiger partial charge is 0.243 e. The molecule has 5 nitrogen and oxygen atoms in total. The van der Waals surface area contributed by atoms with Crippen molar-refractivity contribution in [3.63, 3.8) is 0 Å². The van der Waals surface area contributed by atoms with Crippen molar-refractivity contribution < 1.29 is 12.8 Å². The van der Waals surface area contributed by atoms with E-state index in [1.54, 1.807) is 0 Å². The van der Waals surface area contributed by atoms with Gasteiger partial charge in [-0.1, -0.05) is 0 Å². The van der Waals surface area contributed by atoms with Gasteiger partial charge in [-0.25, -0.2) is 17.5 Å². The highest BCUT2D eigenvalue weighted by Gasteiger charge is 2.30. The zero-order chi connectivity index (χ0) is 15.8. The van der Waals surface area contributed by atoms with Crippen molar-refractivity contribution >= 4 is 31.6 Å². The van der Waals surface area contributed by atoms with Crippen molar-refractivity contribution in [1.82, 2.24) is 9.62 Å². The predicted octanol–water partition coefficient (Wildman–Crippen LogP) is 1.93. The molecular formula is C13H19BrFN3O2S. The van der Waals surface area contributed by atoms with Gasteiger partial charge in [0.1, 0.15) is 4.90 Å². The van der Waals surface area contributed by atoms with E-state index in [4.69, 9.17) is 5.73 Å². The van der Waals surface area contributed by atoms with Crippen LogP contribution in [0.3, 0.4) is 0 Å². The fourth-order valence-corrected chi connectivity index (χ4v) is 3.94. The molecule has 1 atom stereocenters. The summed E-state index contributed by atoms with van der Waals surface area (Å²) in [6.45, 7) is 2.16. The second-order valence-electron chi connectivity index (χ2n) is 5.41. The number of nitrogens with zero attached hydrogens (tertiary/aromatic N) is 1. The lowest BCUT2D eigenvalue weighted by molar-refractivity contribution is 0.248. The van der Waals surface area contributed by atoms with Crippen LogP contribution in [-0.4, -0.2) is 39.0 Å². The van der Waals surface area contributed by atoms with Gasteiger partial charge in [0.15, 0.2) is 5.82 Å². The van der Waals surface area contributed by atoms with Gasteiger partial charge in [0.2, 0.25) is 10.0 Å². The molecule has 0 aliphatic heterocycles. The van der Waals surface area contributed by atoms with Crippen LogP contribution in [-0.2, 0) is 10.0 Å². The fraction of sp³-hybridized carbons (Fsp3) is 0.538. The third kappa shape index (κ3) is 3.94. The van der Waals surface area contributed by atoms with Gasteiger partial charge in [-0.15, -0.1) is 0 Å². The first-order valence-corrected chi connectivity index (χ1v) is 8.96. The Kier molecular flexibility index (Phi) is 4.92. The molecule has 1 aromatic carbocycles. The van der Waals surface area contributed by atoms with Crippen molar-refractivity contribution in [2.75, 3.05) is 19.3 Å². The van der Waals surface area contributed by atoms with Gasteiger partial charge in [-0.3, -0.25) is 4.90 Å². The lowest BCUT2D eigenvalue weighted by atomic mass is 10.3. The zero-order valence-electron chi connectivity index (χ0n) is 11.9. The summed E-state index contributed by atoms with van der Waals surface area (Å²) >= 11 is 2.96. The van der Waals surface area contributed by atoms with E-state index in [0.717, 1.165) is 18.9 Å². The first kappa shape index (κ1) is 16.7. The van der Waals surface area contributed by atoms with Crippen LogP contribution in [0.25, 0.3) is 0 Å². The second-order valence-corrected chi connectivity index (χ2v) is 8.00. The minimum Gasteiger partial charge on any atom is -0.399 e. The average Bonchev–Trinajstić information content (AvgIpc) is 3.23. The van der Waals surface area contributed by atoms with Crippen molar-refractivity contribution in [2.45, 2.75) is 36.7 Å². The highest BCUT2D eigenvalue weighted by Crippen LogP contribution is 2.28. The molecule has 21 heavy (non-hydrogen) atoms. The summed E-state index contributed by atoms with van der Waals surface area (Å²) in [7, 11) is -1.96.